The molecule has 1 heteroatoms. The number of fused-ring (bicyclic) bond motifs is 1. The zero-order chi connectivity index (χ0) is 10.2. The van der Waals surface area contributed by atoms with Crippen LogP contribution in [0.2, 0.25) is 0 Å². The van der Waals surface area contributed by atoms with Gasteiger partial charge in [0.05, 0.1) is 0 Å². The Kier molecular flexibility index (Phi) is 2.44. The van der Waals surface area contributed by atoms with E-state index in [2.05, 4.69) is 37.8 Å². The molecule has 0 aromatic heterocycles. The Balaban J connectivity index is 2.34. The van der Waals surface area contributed by atoms with E-state index in [-0.39, 0.29) is 4.75 Å². The van der Waals surface area contributed by atoms with Crippen LogP contribution in [0.1, 0.15) is 24.5 Å². The van der Waals surface area contributed by atoms with Gasteiger partial charge in [0.2, 0.25) is 0 Å². The van der Waals surface area contributed by atoms with E-state index in [1.54, 1.807) is 0 Å². The van der Waals surface area contributed by atoms with Crippen LogP contribution in [0.5, 0.6) is 0 Å². The first-order valence-electron chi connectivity index (χ1n) is 5.07. The molecule has 0 nitrogen and oxygen atoms in total. The second kappa shape index (κ2) is 3.47. The maximum atomic E-state index is 4.77. The van der Waals surface area contributed by atoms with Gasteiger partial charge in [-0.15, -0.1) is 0 Å². The van der Waals surface area contributed by atoms with E-state index in [4.69, 9.17) is 12.6 Å². The lowest BCUT2D eigenvalue weighted by Crippen LogP contribution is -2.30. The highest BCUT2D eigenvalue weighted by Crippen LogP contribution is 2.37. The summed E-state index contributed by atoms with van der Waals surface area (Å²) in [4.78, 5) is 0. The Morgan fingerprint density at radius 3 is 2.64 bits per heavy atom. The molecule has 14 heavy (non-hydrogen) atoms. The molecule has 0 N–H and O–H groups in total. The SMILES string of the molecule is C=C(C)C1(S)CCc2ccccc2C1. The highest BCUT2D eigenvalue weighted by atomic mass is 32.1. The van der Waals surface area contributed by atoms with E-state index < -0.39 is 0 Å². The summed E-state index contributed by atoms with van der Waals surface area (Å²) in [5, 5.41) is 0. The normalized spacial score (nSPS) is 25.6. The first-order chi connectivity index (χ1) is 6.62. The zero-order valence-electron chi connectivity index (χ0n) is 8.59. The Hall–Kier alpha value is -0.690. The average molecular weight is 204 g/mol. The fourth-order valence-electron chi connectivity index (χ4n) is 2.08. The van der Waals surface area contributed by atoms with Crippen molar-refractivity contribution in [1.29, 1.82) is 0 Å². The van der Waals surface area contributed by atoms with Gasteiger partial charge in [-0.2, -0.15) is 12.6 Å². The van der Waals surface area contributed by atoms with Crippen LogP contribution < -0.4 is 0 Å². The fourth-order valence-corrected chi connectivity index (χ4v) is 2.37. The molecule has 1 unspecified atom stereocenters. The molecule has 1 aliphatic carbocycles. The maximum absolute atomic E-state index is 4.77. The van der Waals surface area contributed by atoms with Crippen molar-refractivity contribution in [3.63, 3.8) is 0 Å². The molecule has 0 spiro atoms. The Bertz CT molecular complexity index is 367. The van der Waals surface area contributed by atoms with Gasteiger partial charge in [0, 0.05) is 4.75 Å². The number of hydrogen-bond donors (Lipinski definition) is 1. The van der Waals surface area contributed by atoms with E-state index in [9.17, 15) is 0 Å². The van der Waals surface area contributed by atoms with Gasteiger partial charge in [-0.1, -0.05) is 36.4 Å². The number of benzene rings is 1. The lowest BCUT2D eigenvalue weighted by molar-refractivity contribution is 0.578. The summed E-state index contributed by atoms with van der Waals surface area (Å²) in [7, 11) is 0. The van der Waals surface area contributed by atoms with E-state index in [1.807, 2.05) is 0 Å². The van der Waals surface area contributed by atoms with Crippen molar-refractivity contribution in [1.82, 2.24) is 0 Å². The maximum Gasteiger partial charge on any atom is 0.0376 e. The van der Waals surface area contributed by atoms with E-state index in [1.165, 1.54) is 16.7 Å². The number of aryl methyl sites for hydroxylation is 1. The molecule has 74 valence electrons. The molecule has 0 aliphatic heterocycles. The first-order valence-corrected chi connectivity index (χ1v) is 5.52. The molecular formula is C13H16S. The smallest absolute Gasteiger partial charge is 0.0376 e. The molecule has 0 radical (unpaired) electrons. The molecular weight excluding hydrogens is 188 g/mol. The van der Waals surface area contributed by atoms with Gasteiger partial charge in [-0.05, 0) is 37.3 Å². The van der Waals surface area contributed by atoms with Gasteiger partial charge in [0.1, 0.15) is 0 Å². The summed E-state index contributed by atoms with van der Waals surface area (Å²) in [6.45, 7) is 6.13. The van der Waals surface area contributed by atoms with Crippen LogP contribution in [0, 0.1) is 0 Å². The highest BCUT2D eigenvalue weighted by molar-refractivity contribution is 7.82. The van der Waals surface area contributed by atoms with Crippen LogP contribution in [0.3, 0.4) is 0 Å². The predicted octanol–water partition coefficient (Wildman–Crippen LogP) is 3.42. The molecule has 2 rings (SSSR count). The predicted molar refractivity (Wildman–Crippen MR) is 65.0 cm³/mol. The minimum absolute atomic E-state index is 0.0222. The van der Waals surface area contributed by atoms with Gasteiger partial charge in [0.25, 0.3) is 0 Å². The minimum atomic E-state index is 0.0222. The molecule has 0 bridgehead atoms. The van der Waals surface area contributed by atoms with Gasteiger partial charge < -0.3 is 0 Å². The van der Waals surface area contributed by atoms with Crippen molar-refractivity contribution in [3.8, 4) is 0 Å². The summed E-state index contributed by atoms with van der Waals surface area (Å²) in [6.07, 6.45) is 3.27. The van der Waals surface area contributed by atoms with E-state index in [0.29, 0.717) is 0 Å². The van der Waals surface area contributed by atoms with Crippen molar-refractivity contribution in [2.45, 2.75) is 30.9 Å². The van der Waals surface area contributed by atoms with Crippen molar-refractivity contribution < 1.29 is 0 Å². The monoisotopic (exact) mass is 204 g/mol. The van der Waals surface area contributed by atoms with Crippen LogP contribution in [0.4, 0.5) is 0 Å². The van der Waals surface area contributed by atoms with Crippen molar-refractivity contribution >= 4 is 12.6 Å². The molecule has 0 fully saturated rings. The van der Waals surface area contributed by atoms with Crippen LogP contribution in [0.15, 0.2) is 36.4 Å². The van der Waals surface area contributed by atoms with E-state index >= 15 is 0 Å². The fraction of sp³-hybridized carbons (Fsp3) is 0.385. The average Bonchev–Trinajstić information content (AvgIpc) is 2.17. The largest absolute Gasteiger partial charge is 0.168 e. The Morgan fingerprint density at radius 2 is 2.00 bits per heavy atom. The molecule has 0 heterocycles. The molecule has 1 aliphatic rings. The first kappa shape index (κ1) is 9.85. The molecule has 0 saturated carbocycles. The lowest BCUT2D eigenvalue weighted by Gasteiger charge is -2.34. The summed E-state index contributed by atoms with van der Waals surface area (Å²) in [5.74, 6) is 0. The topological polar surface area (TPSA) is 0 Å². The van der Waals surface area contributed by atoms with Crippen LogP contribution in [-0.2, 0) is 12.8 Å². The quantitative estimate of drug-likeness (QED) is 0.526. The van der Waals surface area contributed by atoms with Crippen LogP contribution in [0.25, 0.3) is 0 Å². The third kappa shape index (κ3) is 1.61. The van der Waals surface area contributed by atoms with Crippen LogP contribution in [-0.4, -0.2) is 4.75 Å². The van der Waals surface area contributed by atoms with Crippen molar-refractivity contribution in [2.24, 2.45) is 0 Å². The standard InChI is InChI=1S/C13H16S/c1-10(2)13(14)8-7-11-5-3-4-6-12(11)9-13/h3-6,14H,1,7-9H2,2H3. The number of thiol groups is 1. The lowest BCUT2D eigenvalue weighted by atomic mass is 9.80. The van der Waals surface area contributed by atoms with Crippen molar-refractivity contribution in [3.05, 3.63) is 47.5 Å². The zero-order valence-corrected chi connectivity index (χ0v) is 9.48. The third-order valence-electron chi connectivity index (χ3n) is 3.20. The van der Waals surface area contributed by atoms with Crippen LogP contribution >= 0.6 is 12.6 Å². The summed E-state index contributed by atoms with van der Waals surface area (Å²) in [6, 6.07) is 8.66. The van der Waals surface area contributed by atoms with Gasteiger partial charge in [0.15, 0.2) is 0 Å². The Morgan fingerprint density at radius 1 is 1.36 bits per heavy atom. The second-order valence-electron chi connectivity index (χ2n) is 4.26. The third-order valence-corrected chi connectivity index (χ3v) is 3.97. The number of hydrogen-bond acceptors (Lipinski definition) is 1. The molecule has 1 atom stereocenters. The molecule has 0 amide bonds. The Labute approximate surface area is 91.4 Å². The summed E-state index contributed by atoms with van der Waals surface area (Å²) in [5.41, 5.74) is 4.12. The molecule has 0 saturated heterocycles. The highest BCUT2D eigenvalue weighted by Gasteiger charge is 2.31. The van der Waals surface area contributed by atoms with Gasteiger partial charge in [-0.3, -0.25) is 0 Å². The molecule has 1 aromatic carbocycles. The molecule has 1 aromatic rings. The second-order valence-corrected chi connectivity index (χ2v) is 5.11. The minimum Gasteiger partial charge on any atom is -0.168 e. The van der Waals surface area contributed by atoms with E-state index in [0.717, 1.165) is 19.3 Å². The van der Waals surface area contributed by atoms with Crippen molar-refractivity contribution in [2.75, 3.05) is 0 Å². The van der Waals surface area contributed by atoms with Gasteiger partial charge >= 0.3 is 0 Å². The summed E-state index contributed by atoms with van der Waals surface area (Å²) >= 11 is 4.77. The summed E-state index contributed by atoms with van der Waals surface area (Å²) < 4.78 is 0.0222. The van der Waals surface area contributed by atoms with Gasteiger partial charge in [-0.25, -0.2) is 0 Å². The number of rotatable bonds is 1.